The second kappa shape index (κ2) is 5.90. The first-order valence-electron chi connectivity index (χ1n) is 8.98. The van der Waals surface area contributed by atoms with Crippen molar-refractivity contribution in [3.63, 3.8) is 0 Å². The Kier molecular flexibility index (Phi) is 3.88. The van der Waals surface area contributed by atoms with Crippen molar-refractivity contribution in [1.29, 1.82) is 0 Å². The molecule has 0 spiro atoms. The van der Waals surface area contributed by atoms with Crippen LogP contribution < -0.4 is 0 Å². The number of piperazine rings is 1. The van der Waals surface area contributed by atoms with Gasteiger partial charge >= 0.3 is 0 Å². The Labute approximate surface area is 137 Å². The topological polar surface area (TPSA) is 23.6 Å². The predicted molar refractivity (Wildman–Crippen MR) is 87.7 cm³/mol. The fourth-order valence-electron chi connectivity index (χ4n) is 4.38. The van der Waals surface area contributed by atoms with Crippen LogP contribution in [0.3, 0.4) is 0 Å². The molecule has 1 aromatic carbocycles. The van der Waals surface area contributed by atoms with Crippen molar-refractivity contribution in [3.8, 4) is 0 Å². The highest BCUT2D eigenvalue weighted by Gasteiger charge is 2.53. The summed E-state index contributed by atoms with van der Waals surface area (Å²) in [5.41, 5.74) is 0.630. The molecule has 2 aliphatic carbocycles. The lowest BCUT2D eigenvalue weighted by Crippen LogP contribution is -2.53. The smallest absolute Gasteiger partial charge is 0.233 e. The molecule has 1 heterocycles. The Morgan fingerprint density at radius 1 is 1.00 bits per heavy atom. The summed E-state index contributed by atoms with van der Waals surface area (Å²) in [7, 11) is 0. The lowest BCUT2D eigenvalue weighted by atomic mass is 9.94. The van der Waals surface area contributed by atoms with E-state index in [2.05, 4.69) is 4.90 Å². The standard InChI is InChI=1S/C19H25FN2O/c20-16-7-5-15(6-8-16)19(9-10-19)18(23)22-13-11-21(12-14-22)17-3-1-2-4-17/h5-8,17H,1-4,9-14H2. The van der Waals surface area contributed by atoms with Crippen molar-refractivity contribution < 1.29 is 9.18 Å². The fourth-order valence-corrected chi connectivity index (χ4v) is 4.38. The molecule has 0 N–H and O–H groups in total. The van der Waals surface area contributed by atoms with E-state index in [1.807, 2.05) is 4.90 Å². The van der Waals surface area contributed by atoms with Crippen LogP contribution in [0.4, 0.5) is 4.39 Å². The van der Waals surface area contributed by atoms with Crippen LogP contribution in [0, 0.1) is 5.82 Å². The van der Waals surface area contributed by atoms with Gasteiger partial charge in [0.15, 0.2) is 0 Å². The van der Waals surface area contributed by atoms with E-state index in [0.717, 1.165) is 50.6 Å². The largest absolute Gasteiger partial charge is 0.339 e. The van der Waals surface area contributed by atoms with Crippen LogP contribution >= 0.6 is 0 Å². The molecule has 3 fully saturated rings. The molecule has 23 heavy (non-hydrogen) atoms. The molecule has 0 unspecified atom stereocenters. The number of benzene rings is 1. The van der Waals surface area contributed by atoms with E-state index in [9.17, 15) is 9.18 Å². The van der Waals surface area contributed by atoms with E-state index in [1.54, 1.807) is 12.1 Å². The van der Waals surface area contributed by atoms with Gasteiger partial charge in [-0.1, -0.05) is 25.0 Å². The Morgan fingerprint density at radius 2 is 1.61 bits per heavy atom. The minimum Gasteiger partial charge on any atom is -0.339 e. The van der Waals surface area contributed by atoms with E-state index >= 15 is 0 Å². The van der Waals surface area contributed by atoms with Crippen molar-refractivity contribution in [2.75, 3.05) is 26.2 Å². The Bertz CT molecular complexity index is 568. The quantitative estimate of drug-likeness (QED) is 0.856. The third-order valence-corrected chi connectivity index (χ3v) is 6.00. The highest BCUT2D eigenvalue weighted by Crippen LogP contribution is 2.49. The number of rotatable bonds is 3. The first-order chi connectivity index (χ1) is 11.2. The van der Waals surface area contributed by atoms with Gasteiger partial charge in [0.05, 0.1) is 5.41 Å². The molecular weight excluding hydrogens is 291 g/mol. The molecule has 3 nitrogen and oxygen atoms in total. The molecule has 0 bridgehead atoms. The summed E-state index contributed by atoms with van der Waals surface area (Å²) in [6.07, 6.45) is 7.18. The first-order valence-corrected chi connectivity index (χ1v) is 8.98. The molecule has 4 heteroatoms. The lowest BCUT2D eigenvalue weighted by molar-refractivity contribution is -0.136. The summed E-state index contributed by atoms with van der Waals surface area (Å²) in [6.45, 7) is 3.71. The summed E-state index contributed by atoms with van der Waals surface area (Å²) in [5.74, 6) is 0.0253. The number of hydrogen-bond donors (Lipinski definition) is 0. The van der Waals surface area contributed by atoms with Crippen molar-refractivity contribution in [1.82, 2.24) is 9.80 Å². The van der Waals surface area contributed by atoms with Crippen LogP contribution in [0.25, 0.3) is 0 Å². The molecule has 4 rings (SSSR count). The average Bonchev–Trinajstić information content (AvgIpc) is 3.21. The number of halogens is 1. The zero-order valence-electron chi connectivity index (χ0n) is 13.6. The van der Waals surface area contributed by atoms with Gasteiger partial charge in [0, 0.05) is 32.2 Å². The summed E-state index contributed by atoms with van der Waals surface area (Å²) >= 11 is 0. The second-order valence-electron chi connectivity index (χ2n) is 7.36. The zero-order valence-corrected chi connectivity index (χ0v) is 13.6. The number of hydrogen-bond acceptors (Lipinski definition) is 2. The second-order valence-corrected chi connectivity index (χ2v) is 7.36. The van der Waals surface area contributed by atoms with Gasteiger partial charge in [0.25, 0.3) is 0 Å². The highest BCUT2D eigenvalue weighted by molar-refractivity contribution is 5.91. The van der Waals surface area contributed by atoms with Crippen LogP contribution in [-0.2, 0) is 10.2 Å². The van der Waals surface area contributed by atoms with Crippen molar-refractivity contribution in [3.05, 3.63) is 35.6 Å². The summed E-state index contributed by atoms with van der Waals surface area (Å²) in [6, 6.07) is 7.27. The van der Waals surface area contributed by atoms with Gasteiger partial charge in [0.1, 0.15) is 5.82 Å². The highest BCUT2D eigenvalue weighted by atomic mass is 19.1. The van der Waals surface area contributed by atoms with E-state index in [-0.39, 0.29) is 17.1 Å². The Balaban J connectivity index is 1.41. The van der Waals surface area contributed by atoms with E-state index in [0.29, 0.717) is 0 Å². The van der Waals surface area contributed by atoms with Gasteiger partial charge in [-0.25, -0.2) is 4.39 Å². The average molecular weight is 316 g/mol. The van der Waals surface area contributed by atoms with Crippen LogP contribution in [0.1, 0.15) is 44.1 Å². The van der Waals surface area contributed by atoms with E-state index in [1.165, 1.54) is 37.8 Å². The number of carbonyl (C=O) groups is 1. The summed E-state index contributed by atoms with van der Waals surface area (Å²) < 4.78 is 13.1. The molecule has 0 radical (unpaired) electrons. The molecule has 3 aliphatic rings. The normalized spacial score (nSPS) is 24.8. The zero-order chi connectivity index (χ0) is 15.9. The van der Waals surface area contributed by atoms with Crippen molar-refractivity contribution in [2.24, 2.45) is 0 Å². The van der Waals surface area contributed by atoms with E-state index in [4.69, 9.17) is 0 Å². The van der Waals surface area contributed by atoms with Crippen LogP contribution in [0.15, 0.2) is 24.3 Å². The van der Waals surface area contributed by atoms with Gasteiger partial charge in [-0.2, -0.15) is 0 Å². The van der Waals surface area contributed by atoms with Gasteiger partial charge < -0.3 is 4.90 Å². The van der Waals surface area contributed by atoms with Crippen LogP contribution in [0.2, 0.25) is 0 Å². The third-order valence-electron chi connectivity index (χ3n) is 6.00. The Hall–Kier alpha value is -1.42. The van der Waals surface area contributed by atoms with Gasteiger partial charge in [-0.05, 0) is 43.4 Å². The van der Waals surface area contributed by atoms with Gasteiger partial charge in [0.2, 0.25) is 5.91 Å². The predicted octanol–water partition coefficient (Wildman–Crippen LogP) is 2.94. The van der Waals surface area contributed by atoms with Crippen molar-refractivity contribution >= 4 is 5.91 Å². The van der Waals surface area contributed by atoms with Crippen molar-refractivity contribution in [2.45, 2.75) is 50.0 Å². The molecule has 2 saturated carbocycles. The molecule has 0 atom stereocenters. The fraction of sp³-hybridized carbons (Fsp3) is 0.632. The lowest BCUT2D eigenvalue weighted by Gasteiger charge is -2.39. The molecule has 1 aromatic rings. The molecule has 1 saturated heterocycles. The number of nitrogens with zero attached hydrogens (tertiary/aromatic N) is 2. The van der Waals surface area contributed by atoms with Crippen LogP contribution in [0.5, 0.6) is 0 Å². The number of amides is 1. The minimum absolute atomic E-state index is 0.234. The molecule has 0 aromatic heterocycles. The maximum Gasteiger partial charge on any atom is 0.233 e. The first kappa shape index (κ1) is 15.1. The monoisotopic (exact) mass is 316 g/mol. The third kappa shape index (κ3) is 2.78. The maximum atomic E-state index is 13.1. The van der Waals surface area contributed by atoms with Gasteiger partial charge in [-0.3, -0.25) is 9.69 Å². The molecule has 1 aliphatic heterocycles. The number of carbonyl (C=O) groups excluding carboxylic acids is 1. The molecular formula is C19H25FN2O. The summed E-state index contributed by atoms with van der Waals surface area (Å²) in [5, 5.41) is 0. The Morgan fingerprint density at radius 3 is 2.17 bits per heavy atom. The minimum atomic E-state index is -0.358. The SMILES string of the molecule is O=C(N1CCN(C2CCCC2)CC1)C1(c2ccc(F)cc2)CC1. The maximum absolute atomic E-state index is 13.1. The molecule has 1 amide bonds. The van der Waals surface area contributed by atoms with Gasteiger partial charge in [-0.15, -0.1) is 0 Å². The van der Waals surface area contributed by atoms with E-state index < -0.39 is 0 Å². The molecule has 124 valence electrons. The van der Waals surface area contributed by atoms with Crippen LogP contribution in [-0.4, -0.2) is 47.9 Å². The summed E-state index contributed by atoms with van der Waals surface area (Å²) in [4.78, 5) is 17.6.